The number of allylic oxidation sites excluding steroid dienone is 1. The monoisotopic (exact) mass is 415 g/mol. The molecule has 1 atom stereocenters. The number of para-hydroxylation sites is 1. The van der Waals surface area contributed by atoms with Crippen LogP contribution in [0.5, 0.6) is 0 Å². The van der Waals surface area contributed by atoms with E-state index in [1.165, 1.54) is 18.2 Å². The second-order valence-corrected chi connectivity index (χ2v) is 7.45. The van der Waals surface area contributed by atoms with E-state index in [0.717, 1.165) is 17.3 Å². The molecule has 3 rings (SSSR count). The molecule has 2 N–H and O–H groups in total. The lowest BCUT2D eigenvalue weighted by atomic mass is 9.87. The van der Waals surface area contributed by atoms with E-state index in [0.29, 0.717) is 15.6 Å². The Labute approximate surface area is 170 Å². The predicted octanol–water partition coefficient (Wildman–Crippen LogP) is 4.19. The zero-order chi connectivity index (χ0) is 20.1. The van der Waals surface area contributed by atoms with Gasteiger partial charge in [-0.05, 0) is 29.8 Å². The summed E-state index contributed by atoms with van der Waals surface area (Å²) in [5.74, 6) is -1.71. The molecule has 1 heterocycles. The molecule has 0 spiro atoms. The number of hydrogen-bond acceptors (Lipinski definition) is 4. The number of benzene rings is 2. The molecule has 8 heteroatoms. The summed E-state index contributed by atoms with van der Waals surface area (Å²) in [4.78, 5) is 24.3. The maximum Gasteiger partial charge on any atom is 0.234 e. The minimum Gasteiger partial charge on any atom is -0.323 e. The smallest absolute Gasteiger partial charge is 0.234 e. The Bertz CT molecular complexity index is 986. The number of nitriles is 1. The molecule has 0 saturated carbocycles. The highest BCUT2D eigenvalue weighted by atomic mass is 35.5. The number of carbonyl (C=O) groups excluding carboxylic acids is 2. The fourth-order valence-electron chi connectivity index (χ4n) is 2.80. The number of thioether (sulfide) groups is 1. The highest BCUT2D eigenvalue weighted by Gasteiger charge is 2.29. The highest BCUT2D eigenvalue weighted by Crippen LogP contribution is 2.36. The van der Waals surface area contributed by atoms with Gasteiger partial charge in [-0.2, -0.15) is 5.26 Å². The molecule has 28 heavy (non-hydrogen) atoms. The van der Waals surface area contributed by atoms with Crippen LogP contribution in [0.15, 0.2) is 59.1 Å². The van der Waals surface area contributed by atoms with E-state index in [2.05, 4.69) is 16.7 Å². The Hall–Kier alpha value is -2.82. The molecule has 1 aliphatic heterocycles. The second-order valence-electron chi connectivity index (χ2n) is 6.03. The summed E-state index contributed by atoms with van der Waals surface area (Å²) in [5, 5.41) is 15.7. The lowest BCUT2D eigenvalue weighted by Crippen LogP contribution is -2.31. The molecule has 2 aromatic carbocycles. The van der Waals surface area contributed by atoms with Gasteiger partial charge >= 0.3 is 0 Å². The van der Waals surface area contributed by atoms with Crippen molar-refractivity contribution < 1.29 is 14.0 Å². The van der Waals surface area contributed by atoms with E-state index in [1.54, 1.807) is 30.3 Å². The first-order valence-electron chi connectivity index (χ1n) is 8.34. The van der Waals surface area contributed by atoms with E-state index in [4.69, 9.17) is 11.6 Å². The number of carbonyl (C=O) groups is 2. The van der Waals surface area contributed by atoms with Crippen LogP contribution in [0.25, 0.3) is 0 Å². The number of halogens is 2. The number of hydrogen-bond donors (Lipinski definition) is 2. The average molecular weight is 416 g/mol. The van der Waals surface area contributed by atoms with Gasteiger partial charge in [-0.25, -0.2) is 4.39 Å². The van der Waals surface area contributed by atoms with Crippen LogP contribution < -0.4 is 10.6 Å². The third-order valence-corrected chi connectivity index (χ3v) is 5.39. The Balaban J connectivity index is 1.76. The molecule has 0 fully saturated rings. The van der Waals surface area contributed by atoms with Crippen molar-refractivity contribution in [1.82, 2.24) is 5.32 Å². The predicted molar refractivity (Wildman–Crippen MR) is 107 cm³/mol. The third-order valence-electron chi connectivity index (χ3n) is 4.12. The largest absolute Gasteiger partial charge is 0.323 e. The van der Waals surface area contributed by atoms with Crippen LogP contribution in [0, 0.1) is 17.1 Å². The number of nitrogens with one attached hydrogen (secondary N) is 2. The van der Waals surface area contributed by atoms with E-state index in [9.17, 15) is 19.2 Å². The summed E-state index contributed by atoms with van der Waals surface area (Å²) in [5.41, 5.74) is 1.25. The Morgan fingerprint density at radius 3 is 2.68 bits per heavy atom. The minimum atomic E-state index is -0.536. The fraction of sp³-hybridized carbons (Fsp3) is 0.150. The minimum absolute atomic E-state index is 0.0781. The molecule has 142 valence electrons. The number of amides is 2. The SMILES string of the molecule is N#CC1=C(SCC(=O)Nc2ccccc2F)NC(=O)C[C@@H]1c1ccc(Cl)cc1. The second kappa shape index (κ2) is 8.91. The summed E-state index contributed by atoms with van der Waals surface area (Å²) < 4.78 is 13.6. The molecule has 2 aromatic rings. The molecule has 0 bridgehead atoms. The number of nitrogens with zero attached hydrogens (tertiary/aromatic N) is 1. The quantitative estimate of drug-likeness (QED) is 0.767. The Morgan fingerprint density at radius 1 is 1.29 bits per heavy atom. The molecule has 0 aliphatic carbocycles. The zero-order valence-corrected chi connectivity index (χ0v) is 16.1. The summed E-state index contributed by atoms with van der Waals surface area (Å²) >= 11 is 6.94. The average Bonchev–Trinajstić information content (AvgIpc) is 2.68. The van der Waals surface area contributed by atoms with Gasteiger partial charge in [0.05, 0.1) is 28.1 Å². The first-order valence-corrected chi connectivity index (χ1v) is 9.71. The topological polar surface area (TPSA) is 82.0 Å². The van der Waals surface area contributed by atoms with Gasteiger partial charge in [-0.15, -0.1) is 0 Å². The Morgan fingerprint density at radius 2 is 2.00 bits per heavy atom. The summed E-state index contributed by atoms with van der Waals surface area (Å²) in [6, 6.07) is 14.9. The summed E-state index contributed by atoms with van der Waals surface area (Å²) in [7, 11) is 0. The highest BCUT2D eigenvalue weighted by molar-refractivity contribution is 8.03. The van der Waals surface area contributed by atoms with Crippen LogP contribution in [-0.2, 0) is 9.59 Å². The van der Waals surface area contributed by atoms with Crippen molar-refractivity contribution in [3.8, 4) is 6.07 Å². The van der Waals surface area contributed by atoms with E-state index in [1.807, 2.05) is 0 Å². The molecule has 0 unspecified atom stereocenters. The van der Waals surface area contributed by atoms with Crippen molar-refractivity contribution in [1.29, 1.82) is 5.26 Å². The zero-order valence-electron chi connectivity index (χ0n) is 14.5. The van der Waals surface area contributed by atoms with Crippen molar-refractivity contribution in [3.05, 3.63) is 75.5 Å². The molecular formula is C20H15ClFN3O2S. The van der Waals surface area contributed by atoms with E-state index >= 15 is 0 Å². The molecule has 0 radical (unpaired) electrons. The Kier molecular flexibility index (Phi) is 6.34. The van der Waals surface area contributed by atoms with Gasteiger partial charge in [-0.3, -0.25) is 9.59 Å². The van der Waals surface area contributed by atoms with Crippen LogP contribution in [-0.4, -0.2) is 17.6 Å². The van der Waals surface area contributed by atoms with Crippen molar-refractivity contribution >= 4 is 40.9 Å². The fourth-order valence-corrected chi connectivity index (χ4v) is 3.80. The number of rotatable bonds is 5. The van der Waals surface area contributed by atoms with E-state index < -0.39 is 17.6 Å². The molecular weight excluding hydrogens is 401 g/mol. The summed E-state index contributed by atoms with van der Waals surface area (Å²) in [6.07, 6.45) is 0.135. The summed E-state index contributed by atoms with van der Waals surface area (Å²) in [6.45, 7) is 0. The van der Waals surface area contributed by atoms with Crippen LogP contribution in [0.3, 0.4) is 0 Å². The van der Waals surface area contributed by atoms with Crippen LogP contribution >= 0.6 is 23.4 Å². The normalized spacial score (nSPS) is 16.3. The molecule has 0 saturated heterocycles. The van der Waals surface area contributed by atoms with Gasteiger partial charge in [0.25, 0.3) is 0 Å². The third kappa shape index (κ3) is 4.71. The standard InChI is InChI=1S/C20H15ClFN3O2S/c21-13-7-5-12(6-8-13)14-9-18(26)25-20(15(14)10-23)28-11-19(27)24-17-4-2-1-3-16(17)22/h1-8,14H,9,11H2,(H,24,27)(H,25,26)/t14-/m1/s1. The van der Waals surface area contributed by atoms with Crippen LogP contribution in [0.2, 0.25) is 5.02 Å². The maximum absolute atomic E-state index is 13.6. The number of anilines is 1. The van der Waals surface area contributed by atoms with Gasteiger partial charge in [-0.1, -0.05) is 47.6 Å². The molecule has 5 nitrogen and oxygen atoms in total. The maximum atomic E-state index is 13.6. The van der Waals surface area contributed by atoms with Gasteiger partial charge in [0.1, 0.15) is 5.82 Å². The first-order chi connectivity index (χ1) is 13.5. The molecule has 1 aliphatic rings. The van der Waals surface area contributed by atoms with Crippen LogP contribution in [0.1, 0.15) is 17.9 Å². The van der Waals surface area contributed by atoms with E-state index in [-0.39, 0.29) is 23.8 Å². The van der Waals surface area contributed by atoms with Crippen molar-refractivity contribution in [2.75, 3.05) is 11.1 Å². The van der Waals surface area contributed by atoms with Crippen molar-refractivity contribution in [2.45, 2.75) is 12.3 Å². The van der Waals surface area contributed by atoms with Gasteiger partial charge in [0.2, 0.25) is 11.8 Å². The van der Waals surface area contributed by atoms with Crippen molar-refractivity contribution in [2.24, 2.45) is 0 Å². The first kappa shape index (κ1) is 19.9. The lowest BCUT2D eigenvalue weighted by Gasteiger charge is -2.25. The molecule has 2 amide bonds. The van der Waals surface area contributed by atoms with Crippen molar-refractivity contribution in [3.63, 3.8) is 0 Å². The van der Waals surface area contributed by atoms with Gasteiger partial charge in [0.15, 0.2) is 0 Å². The van der Waals surface area contributed by atoms with Crippen LogP contribution in [0.4, 0.5) is 10.1 Å². The van der Waals surface area contributed by atoms with Gasteiger partial charge in [0, 0.05) is 17.4 Å². The molecule has 0 aromatic heterocycles. The van der Waals surface area contributed by atoms with Gasteiger partial charge < -0.3 is 10.6 Å². The lowest BCUT2D eigenvalue weighted by molar-refractivity contribution is -0.121.